The molecule has 1 atom stereocenters. The molecule has 0 saturated carbocycles. The Morgan fingerprint density at radius 1 is 1.07 bits per heavy atom. The van der Waals surface area contributed by atoms with Crippen LogP contribution in [0.2, 0.25) is 5.02 Å². The van der Waals surface area contributed by atoms with Gasteiger partial charge in [-0.05, 0) is 63.1 Å². The molecular weight excluding hydrogens is 406 g/mol. The Hall–Kier alpha value is -3.39. The smallest absolute Gasteiger partial charge is 0.292 e. The lowest BCUT2D eigenvalue weighted by atomic mass is 10.1. The van der Waals surface area contributed by atoms with Crippen LogP contribution in [0.25, 0.3) is 5.69 Å². The van der Waals surface area contributed by atoms with Crippen LogP contribution in [0.4, 0.5) is 0 Å². The zero-order chi connectivity index (χ0) is 21.8. The minimum atomic E-state index is -0.811. The third kappa shape index (κ3) is 4.77. The van der Waals surface area contributed by atoms with Crippen molar-refractivity contribution in [1.29, 1.82) is 0 Å². The van der Waals surface area contributed by atoms with E-state index in [9.17, 15) is 9.59 Å². The van der Waals surface area contributed by atoms with Gasteiger partial charge in [-0.25, -0.2) is 0 Å². The maximum absolute atomic E-state index is 12.5. The quantitative estimate of drug-likeness (QED) is 0.610. The summed E-state index contributed by atoms with van der Waals surface area (Å²) < 4.78 is 5.71. The molecule has 3 aromatic rings. The van der Waals surface area contributed by atoms with E-state index in [0.29, 0.717) is 22.2 Å². The Morgan fingerprint density at radius 2 is 1.80 bits per heavy atom. The summed E-state index contributed by atoms with van der Waals surface area (Å²) in [7, 11) is 0. The van der Waals surface area contributed by atoms with E-state index < -0.39 is 17.9 Å². The summed E-state index contributed by atoms with van der Waals surface area (Å²) in [5, 5.41) is 8.94. The van der Waals surface area contributed by atoms with Gasteiger partial charge < -0.3 is 4.74 Å². The van der Waals surface area contributed by atoms with Crippen molar-refractivity contribution in [3.05, 3.63) is 70.0 Å². The maximum Gasteiger partial charge on any atom is 0.292 e. The Balaban J connectivity index is 1.62. The number of nitrogens with one attached hydrogen (secondary N) is 2. The molecule has 1 unspecified atom stereocenters. The second kappa shape index (κ2) is 8.96. The van der Waals surface area contributed by atoms with Crippen molar-refractivity contribution >= 4 is 23.4 Å². The number of hydrazine groups is 1. The Labute approximate surface area is 179 Å². The van der Waals surface area contributed by atoms with Crippen molar-refractivity contribution < 1.29 is 14.3 Å². The summed E-state index contributed by atoms with van der Waals surface area (Å²) in [4.78, 5) is 26.1. The summed E-state index contributed by atoms with van der Waals surface area (Å²) in [5.41, 5.74) is 7.82. The average molecular weight is 428 g/mol. The number of amides is 2. The number of aromatic nitrogens is 3. The van der Waals surface area contributed by atoms with Gasteiger partial charge >= 0.3 is 0 Å². The monoisotopic (exact) mass is 427 g/mol. The molecule has 0 fully saturated rings. The number of carbonyl (C=O) groups excluding carboxylic acids is 2. The van der Waals surface area contributed by atoms with Crippen molar-refractivity contribution in [2.24, 2.45) is 0 Å². The molecule has 0 aliphatic rings. The van der Waals surface area contributed by atoms with Gasteiger partial charge in [0.05, 0.1) is 11.4 Å². The zero-order valence-electron chi connectivity index (χ0n) is 17.1. The number of carbonyl (C=O) groups is 2. The van der Waals surface area contributed by atoms with E-state index in [4.69, 9.17) is 16.3 Å². The van der Waals surface area contributed by atoms with Crippen molar-refractivity contribution in [3.63, 3.8) is 0 Å². The van der Waals surface area contributed by atoms with Gasteiger partial charge in [-0.1, -0.05) is 29.8 Å². The molecule has 30 heavy (non-hydrogen) atoms. The Morgan fingerprint density at radius 3 is 2.53 bits per heavy atom. The average Bonchev–Trinajstić information content (AvgIpc) is 3.11. The van der Waals surface area contributed by atoms with Gasteiger partial charge in [0.2, 0.25) is 0 Å². The largest absolute Gasteiger partial charge is 0.481 e. The summed E-state index contributed by atoms with van der Waals surface area (Å²) in [5.74, 6) is -0.471. The van der Waals surface area contributed by atoms with E-state index in [0.717, 1.165) is 11.1 Å². The number of nitrogens with zero attached hydrogens (tertiary/aromatic N) is 3. The fraction of sp³-hybridized carbons (Fsp3) is 0.238. The first-order chi connectivity index (χ1) is 14.3. The SMILES string of the molecule is Cc1cccc(OC(C)C(=O)NNC(=O)c2nn(-c3cccc(Cl)c3)nc2C)c1C. The highest BCUT2D eigenvalue weighted by molar-refractivity contribution is 6.30. The lowest BCUT2D eigenvalue weighted by Crippen LogP contribution is -2.47. The molecule has 156 valence electrons. The number of halogens is 1. The number of hydrogen-bond acceptors (Lipinski definition) is 5. The van der Waals surface area contributed by atoms with Crippen molar-refractivity contribution in [2.75, 3.05) is 0 Å². The molecule has 0 saturated heterocycles. The molecule has 2 aromatic carbocycles. The molecule has 9 heteroatoms. The van der Waals surface area contributed by atoms with Crippen LogP contribution in [0.15, 0.2) is 42.5 Å². The van der Waals surface area contributed by atoms with Gasteiger partial charge in [-0.2, -0.15) is 9.90 Å². The molecule has 1 heterocycles. The summed E-state index contributed by atoms with van der Waals surface area (Å²) in [6, 6.07) is 12.5. The van der Waals surface area contributed by atoms with Crippen LogP contribution < -0.4 is 15.6 Å². The van der Waals surface area contributed by atoms with Gasteiger partial charge in [0, 0.05) is 5.02 Å². The highest BCUT2D eigenvalue weighted by Crippen LogP contribution is 2.21. The first kappa shape index (κ1) is 21.3. The Kier molecular flexibility index (Phi) is 6.37. The van der Waals surface area contributed by atoms with Gasteiger partial charge in [-0.15, -0.1) is 5.10 Å². The normalized spacial score (nSPS) is 11.6. The van der Waals surface area contributed by atoms with Crippen molar-refractivity contribution in [1.82, 2.24) is 25.8 Å². The summed E-state index contributed by atoms with van der Waals surface area (Å²) in [6.45, 7) is 7.14. The molecule has 0 aliphatic heterocycles. The van der Waals surface area contributed by atoms with E-state index >= 15 is 0 Å². The zero-order valence-corrected chi connectivity index (χ0v) is 17.8. The molecule has 8 nitrogen and oxygen atoms in total. The minimum Gasteiger partial charge on any atom is -0.481 e. The predicted molar refractivity (Wildman–Crippen MR) is 113 cm³/mol. The molecule has 2 N–H and O–H groups in total. The minimum absolute atomic E-state index is 0.0818. The number of ether oxygens (including phenoxy) is 1. The fourth-order valence-electron chi connectivity index (χ4n) is 2.68. The standard InChI is InChI=1S/C21H22ClN5O3/c1-12-7-5-10-18(13(12)2)30-15(4)20(28)23-24-21(29)19-14(3)25-27(26-19)17-9-6-8-16(22)11-17/h5-11,15H,1-4H3,(H,23,28)(H,24,29). The second-order valence-corrected chi connectivity index (χ2v) is 7.24. The molecule has 0 radical (unpaired) electrons. The first-order valence-corrected chi connectivity index (χ1v) is 9.67. The molecule has 3 rings (SSSR count). The Bertz CT molecular complexity index is 1100. The van der Waals surface area contributed by atoms with E-state index in [2.05, 4.69) is 21.0 Å². The second-order valence-electron chi connectivity index (χ2n) is 6.80. The fourth-order valence-corrected chi connectivity index (χ4v) is 2.86. The molecule has 0 aliphatic carbocycles. The van der Waals surface area contributed by atoms with Crippen LogP contribution in [-0.4, -0.2) is 32.9 Å². The molecule has 2 amide bonds. The molecular formula is C21H22ClN5O3. The number of hydrogen-bond donors (Lipinski definition) is 2. The lowest BCUT2D eigenvalue weighted by Gasteiger charge is -2.17. The molecule has 0 bridgehead atoms. The van der Waals surface area contributed by atoms with E-state index in [1.807, 2.05) is 26.0 Å². The van der Waals surface area contributed by atoms with E-state index in [1.165, 1.54) is 4.80 Å². The predicted octanol–water partition coefficient (Wildman–Crippen LogP) is 3.07. The van der Waals surface area contributed by atoms with Gasteiger partial charge in [0.25, 0.3) is 11.8 Å². The lowest BCUT2D eigenvalue weighted by molar-refractivity contribution is -0.128. The van der Waals surface area contributed by atoms with Crippen molar-refractivity contribution in [2.45, 2.75) is 33.8 Å². The van der Waals surface area contributed by atoms with Crippen LogP contribution >= 0.6 is 11.6 Å². The van der Waals surface area contributed by atoms with E-state index in [-0.39, 0.29) is 5.69 Å². The third-order valence-electron chi connectivity index (χ3n) is 4.56. The van der Waals surface area contributed by atoms with Gasteiger partial charge in [0.1, 0.15) is 5.75 Å². The van der Waals surface area contributed by atoms with Crippen LogP contribution in [0.1, 0.15) is 34.2 Å². The third-order valence-corrected chi connectivity index (χ3v) is 4.80. The summed E-state index contributed by atoms with van der Waals surface area (Å²) >= 11 is 5.99. The topological polar surface area (TPSA) is 98.1 Å². The van der Waals surface area contributed by atoms with Crippen LogP contribution in [-0.2, 0) is 4.79 Å². The maximum atomic E-state index is 12.5. The van der Waals surface area contributed by atoms with Crippen LogP contribution in [0, 0.1) is 20.8 Å². The number of aryl methyl sites for hydroxylation is 2. The molecule has 1 aromatic heterocycles. The number of benzene rings is 2. The van der Waals surface area contributed by atoms with Crippen LogP contribution in [0.3, 0.4) is 0 Å². The number of rotatable bonds is 5. The highest BCUT2D eigenvalue weighted by atomic mass is 35.5. The first-order valence-electron chi connectivity index (χ1n) is 9.29. The highest BCUT2D eigenvalue weighted by Gasteiger charge is 2.20. The summed E-state index contributed by atoms with van der Waals surface area (Å²) in [6.07, 6.45) is -0.811. The van der Waals surface area contributed by atoms with Crippen LogP contribution in [0.5, 0.6) is 5.75 Å². The van der Waals surface area contributed by atoms with Gasteiger partial charge in [-0.3, -0.25) is 20.4 Å². The van der Waals surface area contributed by atoms with E-state index in [1.54, 1.807) is 44.2 Å². The van der Waals surface area contributed by atoms with Crippen molar-refractivity contribution in [3.8, 4) is 11.4 Å². The van der Waals surface area contributed by atoms with Gasteiger partial charge in [0.15, 0.2) is 11.8 Å². The molecule has 0 spiro atoms.